The van der Waals surface area contributed by atoms with Gasteiger partial charge in [0.15, 0.2) is 11.6 Å². The molecule has 4 rings (SSSR count). The van der Waals surface area contributed by atoms with Crippen LogP contribution in [0.15, 0.2) is 53.7 Å². The highest BCUT2D eigenvalue weighted by molar-refractivity contribution is 5.90. The van der Waals surface area contributed by atoms with Crippen LogP contribution >= 0.6 is 0 Å². The molecule has 0 aliphatic rings. The van der Waals surface area contributed by atoms with Crippen molar-refractivity contribution in [2.75, 3.05) is 7.11 Å². The van der Waals surface area contributed by atoms with Crippen molar-refractivity contribution in [1.82, 2.24) is 24.4 Å². The maximum Gasteiger partial charge on any atom is 0.267 e. The zero-order valence-corrected chi connectivity index (χ0v) is 15.6. The largest absolute Gasteiger partial charge is 0.494 e. The van der Waals surface area contributed by atoms with Gasteiger partial charge in [-0.3, -0.25) is 9.78 Å². The maximum absolute atomic E-state index is 14.3. The van der Waals surface area contributed by atoms with Gasteiger partial charge in [0, 0.05) is 24.0 Å². The van der Waals surface area contributed by atoms with Gasteiger partial charge in [0.05, 0.1) is 36.1 Å². The second kappa shape index (κ2) is 6.88. The number of halogens is 1. The maximum atomic E-state index is 14.3. The van der Waals surface area contributed by atoms with Crippen molar-refractivity contribution < 1.29 is 9.13 Å². The molecule has 0 unspecified atom stereocenters. The van der Waals surface area contributed by atoms with Crippen LogP contribution in [0.25, 0.3) is 28.0 Å². The average Bonchev–Trinajstić information content (AvgIpc) is 3.07. The number of fused-ring (bicyclic) bond motifs is 1. The summed E-state index contributed by atoms with van der Waals surface area (Å²) in [6.07, 6.45) is 4.99. The first-order valence-electron chi connectivity index (χ1n) is 8.76. The van der Waals surface area contributed by atoms with Crippen LogP contribution < -0.4 is 10.3 Å². The molecule has 0 fully saturated rings. The van der Waals surface area contributed by atoms with Crippen molar-refractivity contribution >= 4 is 5.52 Å². The molecule has 142 valence electrons. The quantitative estimate of drug-likeness (QED) is 0.544. The molecule has 4 aromatic rings. The minimum Gasteiger partial charge on any atom is -0.494 e. The smallest absolute Gasteiger partial charge is 0.267 e. The zero-order valence-electron chi connectivity index (χ0n) is 15.6. The summed E-state index contributed by atoms with van der Waals surface area (Å²) in [6.45, 7) is 3.77. The SMILES string of the molecule is COc1ccc(-c2nn3ccncc3c2-c2ccc(=O)n(C(C)C)n2)cc1F. The molecule has 0 aliphatic carbocycles. The van der Waals surface area contributed by atoms with Crippen molar-refractivity contribution in [3.63, 3.8) is 0 Å². The first-order chi connectivity index (χ1) is 13.5. The van der Waals surface area contributed by atoms with E-state index >= 15 is 0 Å². The number of ether oxygens (including phenoxy) is 1. The number of methoxy groups -OCH3 is 1. The van der Waals surface area contributed by atoms with Gasteiger partial charge in [0.2, 0.25) is 0 Å². The average molecular weight is 379 g/mol. The Morgan fingerprint density at radius 2 is 1.96 bits per heavy atom. The molecular formula is C20H18FN5O2. The minimum absolute atomic E-state index is 0.103. The lowest BCUT2D eigenvalue weighted by Crippen LogP contribution is -2.23. The molecule has 0 bridgehead atoms. The fraction of sp³-hybridized carbons (Fsp3) is 0.200. The van der Waals surface area contributed by atoms with Crippen molar-refractivity contribution in [2.24, 2.45) is 0 Å². The van der Waals surface area contributed by atoms with Crippen LogP contribution in [0.2, 0.25) is 0 Å². The minimum atomic E-state index is -0.485. The lowest BCUT2D eigenvalue weighted by molar-refractivity contribution is 0.386. The predicted octanol–water partition coefficient (Wildman–Crippen LogP) is 3.35. The Labute approximate surface area is 160 Å². The Bertz CT molecular complexity index is 1230. The zero-order chi connectivity index (χ0) is 19.8. The molecule has 0 saturated heterocycles. The van der Waals surface area contributed by atoms with Crippen molar-refractivity contribution in [3.8, 4) is 28.3 Å². The summed E-state index contributed by atoms with van der Waals surface area (Å²) in [4.78, 5) is 16.3. The van der Waals surface area contributed by atoms with Crippen LogP contribution in [-0.4, -0.2) is 31.5 Å². The first-order valence-corrected chi connectivity index (χ1v) is 8.76. The molecule has 0 amide bonds. The highest BCUT2D eigenvalue weighted by Gasteiger charge is 2.20. The van der Waals surface area contributed by atoms with Crippen molar-refractivity contribution in [3.05, 3.63) is 65.1 Å². The summed E-state index contributed by atoms with van der Waals surface area (Å²) in [5.74, 6) is -0.330. The second-order valence-electron chi connectivity index (χ2n) is 6.57. The van der Waals surface area contributed by atoms with Crippen molar-refractivity contribution in [2.45, 2.75) is 19.9 Å². The molecule has 0 aliphatic heterocycles. The van der Waals surface area contributed by atoms with E-state index in [0.717, 1.165) is 0 Å². The molecule has 0 atom stereocenters. The van der Waals surface area contributed by atoms with Gasteiger partial charge in [-0.25, -0.2) is 13.6 Å². The van der Waals surface area contributed by atoms with Crippen LogP contribution in [0.1, 0.15) is 19.9 Å². The summed E-state index contributed by atoms with van der Waals surface area (Å²) in [5, 5.41) is 9.11. The Hall–Kier alpha value is -3.55. The van der Waals surface area contributed by atoms with E-state index in [1.807, 2.05) is 13.8 Å². The fourth-order valence-corrected chi connectivity index (χ4v) is 3.10. The number of aromatic nitrogens is 5. The van der Waals surface area contributed by atoms with Gasteiger partial charge in [0.1, 0.15) is 5.69 Å². The van der Waals surface area contributed by atoms with Gasteiger partial charge in [-0.1, -0.05) is 0 Å². The summed E-state index contributed by atoms with van der Waals surface area (Å²) in [5.41, 5.74) is 2.85. The Morgan fingerprint density at radius 3 is 2.68 bits per heavy atom. The van der Waals surface area contributed by atoms with Crippen LogP contribution in [0.4, 0.5) is 4.39 Å². The monoisotopic (exact) mass is 379 g/mol. The van der Waals surface area contributed by atoms with E-state index in [-0.39, 0.29) is 17.4 Å². The van der Waals surface area contributed by atoms with E-state index in [0.29, 0.717) is 28.0 Å². The predicted molar refractivity (Wildman–Crippen MR) is 103 cm³/mol. The summed E-state index contributed by atoms with van der Waals surface area (Å²) >= 11 is 0. The van der Waals surface area contributed by atoms with Gasteiger partial charge in [-0.05, 0) is 38.1 Å². The molecule has 0 saturated carbocycles. The Morgan fingerprint density at radius 1 is 1.14 bits per heavy atom. The van der Waals surface area contributed by atoms with E-state index in [1.54, 1.807) is 41.3 Å². The number of hydrogen-bond acceptors (Lipinski definition) is 5. The Balaban J connectivity index is 2.01. The third-order valence-corrected chi connectivity index (χ3v) is 4.43. The Kier molecular flexibility index (Phi) is 4.38. The standard InChI is InChI=1S/C20H18FN5O2/c1-12(2)26-18(27)7-5-15(23-26)19-16-11-22-8-9-25(16)24-20(19)13-4-6-17(28-3)14(21)10-13/h4-12H,1-3H3. The lowest BCUT2D eigenvalue weighted by Gasteiger charge is -2.10. The third-order valence-electron chi connectivity index (χ3n) is 4.43. The molecule has 3 heterocycles. The fourth-order valence-electron chi connectivity index (χ4n) is 3.10. The first kappa shape index (κ1) is 17.8. The van der Waals surface area contributed by atoms with Crippen LogP contribution in [0, 0.1) is 5.82 Å². The third kappa shape index (κ3) is 2.92. The van der Waals surface area contributed by atoms with E-state index < -0.39 is 5.82 Å². The molecule has 3 aromatic heterocycles. The van der Waals surface area contributed by atoms with E-state index in [4.69, 9.17) is 4.74 Å². The van der Waals surface area contributed by atoms with E-state index in [9.17, 15) is 9.18 Å². The molecule has 0 N–H and O–H groups in total. The summed E-state index contributed by atoms with van der Waals surface area (Å²) in [7, 11) is 1.42. The van der Waals surface area contributed by atoms with Gasteiger partial charge in [-0.2, -0.15) is 10.2 Å². The molecule has 28 heavy (non-hydrogen) atoms. The second-order valence-corrected chi connectivity index (χ2v) is 6.57. The number of hydrogen-bond donors (Lipinski definition) is 0. The van der Waals surface area contributed by atoms with Gasteiger partial charge < -0.3 is 4.74 Å². The molecule has 8 heteroatoms. The number of benzene rings is 1. The number of nitrogens with zero attached hydrogens (tertiary/aromatic N) is 5. The summed E-state index contributed by atoms with van der Waals surface area (Å²) < 4.78 is 22.4. The van der Waals surface area contributed by atoms with Crippen LogP contribution in [0.3, 0.4) is 0 Å². The molecule has 7 nitrogen and oxygen atoms in total. The molecule has 0 radical (unpaired) electrons. The van der Waals surface area contributed by atoms with Gasteiger partial charge >= 0.3 is 0 Å². The van der Waals surface area contributed by atoms with Crippen LogP contribution in [-0.2, 0) is 0 Å². The highest BCUT2D eigenvalue weighted by atomic mass is 19.1. The van der Waals surface area contributed by atoms with E-state index in [1.165, 1.54) is 23.9 Å². The molecular weight excluding hydrogens is 361 g/mol. The number of rotatable bonds is 4. The molecule has 0 spiro atoms. The normalized spacial score (nSPS) is 11.3. The topological polar surface area (TPSA) is 74.3 Å². The lowest BCUT2D eigenvalue weighted by atomic mass is 10.0. The van der Waals surface area contributed by atoms with Crippen molar-refractivity contribution in [1.29, 1.82) is 0 Å². The van der Waals surface area contributed by atoms with Gasteiger partial charge in [-0.15, -0.1) is 0 Å². The molecule has 1 aromatic carbocycles. The van der Waals surface area contributed by atoms with Crippen LogP contribution in [0.5, 0.6) is 5.75 Å². The summed E-state index contributed by atoms with van der Waals surface area (Å²) in [6, 6.07) is 7.68. The van der Waals surface area contributed by atoms with E-state index in [2.05, 4.69) is 15.2 Å². The van der Waals surface area contributed by atoms with Gasteiger partial charge in [0.25, 0.3) is 5.56 Å². The highest BCUT2D eigenvalue weighted by Crippen LogP contribution is 2.35.